The van der Waals surface area contributed by atoms with E-state index in [0.29, 0.717) is 22.2 Å². The lowest BCUT2D eigenvalue weighted by Gasteiger charge is -2.48. The molecule has 0 amide bonds. The number of halogens is 1. The molecule has 0 bridgehead atoms. The van der Waals surface area contributed by atoms with E-state index >= 15 is 0 Å². The van der Waals surface area contributed by atoms with E-state index in [1.165, 1.54) is 17.4 Å². The molecule has 1 fully saturated rings. The molecule has 1 aliphatic heterocycles. The monoisotopic (exact) mass is 416 g/mol. The standard InChI is InChI=1S/C21H29FN6S/c1-20(2)11-14(12-21(3,4)27-20)28(5)19-26-25-18(29-19)15-7-6-13(10-16(15)22)17(24)8-9-23/h6-7,9-10,14,23-24,27H,8,11-12H2,1-5H3. The van der Waals surface area contributed by atoms with E-state index in [1.54, 1.807) is 12.1 Å². The quantitative estimate of drug-likeness (QED) is 0.605. The fourth-order valence-corrected chi connectivity index (χ4v) is 5.17. The van der Waals surface area contributed by atoms with E-state index in [-0.39, 0.29) is 23.2 Å². The summed E-state index contributed by atoms with van der Waals surface area (Å²) in [7, 11) is 2.03. The molecule has 0 aliphatic carbocycles. The van der Waals surface area contributed by atoms with Gasteiger partial charge >= 0.3 is 0 Å². The topological polar surface area (TPSA) is 88.8 Å². The minimum absolute atomic E-state index is 0.0249. The summed E-state index contributed by atoms with van der Waals surface area (Å²) in [5.74, 6) is -0.424. The number of hydrogen-bond acceptors (Lipinski definition) is 7. The number of anilines is 1. The van der Waals surface area contributed by atoms with Crippen molar-refractivity contribution < 1.29 is 4.39 Å². The number of nitrogens with one attached hydrogen (secondary N) is 3. The van der Waals surface area contributed by atoms with Crippen LogP contribution in [-0.2, 0) is 0 Å². The van der Waals surface area contributed by atoms with Gasteiger partial charge in [-0.2, -0.15) is 0 Å². The lowest BCUT2D eigenvalue weighted by atomic mass is 9.79. The van der Waals surface area contributed by atoms with E-state index < -0.39 is 5.82 Å². The Labute approximate surface area is 175 Å². The fraction of sp³-hybridized carbons (Fsp3) is 0.524. The van der Waals surface area contributed by atoms with Crippen LogP contribution in [0.15, 0.2) is 18.2 Å². The molecule has 8 heteroatoms. The lowest BCUT2D eigenvalue weighted by Crippen LogP contribution is -2.61. The van der Waals surface area contributed by atoms with Crippen LogP contribution in [0.5, 0.6) is 0 Å². The molecule has 2 heterocycles. The first-order valence-corrected chi connectivity index (χ1v) is 10.6. The largest absolute Gasteiger partial charge is 0.347 e. The van der Waals surface area contributed by atoms with Gasteiger partial charge in [-0.25, -0.2) is 4.39 Å². The van der Waals surface area contributed by atoms with Crippen LogP contribution in [0.2, 0.25) is 0 Å². The third kappa shape index (κ3) is 4.87. The van der Waals surface area contributed by atoms with Gasteiger partial charge in [-0.1, -0.05) is 17.4 Å². The third-order valence-electron chi connectivity index (χ3n) is 5.29. The van der Waals surface area contributed by atoms with E-state index in [0.717, 1.165) is 24.2 Å². The Bertz CT molecular complexity index is 904. The van der Waals surface area contributed by atoms with Crippen LogP contribution in [0.1, 0.15) is 52.5 Å². The zero-order chi connectivity index (χ0) is 21.4. The van der Waals surface area contributed by atoms with Crippen LogP contribution in [0, 0.1) is 16.6 Å². The van der Waals surface area contributed by atoms with Gasteiger partial charge in [0.25, 0.3) is 0 Å². The number of nitrogens with zero attached hydrogens (tertiary/aromatic N) is 3. The second kappa shape index (κ2) is 7.91. The summed E-state index contributed by atoms with van der Waals surface area (Å²) in [5.41, 5.74) is 1.14. The maximum atomic E-state index is 14.7. The first-order valence-electron chi connectivity index (χ1n) is 9.74. The minimum Gasteiger partial charge on any atom is -0.347 e. The third-order valence-corrected chi connectivity index (χ3v) is 6.33. The maximum Gasteiger partial charge on any atom is 0.208 e. The van der Waals surface area contributed by atoms with Crippen LogP contribution in [-0.4, -0.2) is 46.3 Å². The molecule has 1 aromatic heterocycles. The van der Waals surface area contributed by atoms with Gasteiger partial charge in [0.1, 0.15) is 5.82 Å². The highest BCUT2D eigenvalue weighted by Crippen LogP contribution is 2.36. The van der Waals surface area contributed by atoms with Crippen molar-refractivity contribution >= 4 is 28.4 Å². The fourth-order valence-electron chi connectivity index (χ4n) is 4.26. The van der Waals surface area contributed by atoms with Gasteiger partial charge in [-0.05, 0) is 58.2 Å². The average Bonchev–Trinajstić information content (AvgIpc) is 3.08. The smallest absolute Gasteiger partial charge is 0.208 e. The van der Waals surface area contributed by atoms with Gasteiger partial charge in [0.05, 0.1) is 0 Å². The predicted molar refractivity (Wildman–Crippen MR) is 118 cm³/mol. The Balaban J connectivity index is 1.82. The molecule has 3 rings (SSSR count). The molecular formula is C21H29FN6S. The van der Waals surface area contributed by atoms with Crippen molar-refractivity contribution in [2.24, 2.45) is 0 Å². The van der Waals surface area contributed by atoms with Gasteiger partial charge in [-0.15, -0.1) is 10.2 Å². The maximum absolute atomic E-state index is 14.7. The average molecular weight is 417 g/mol. The molecule has 2 aromatic rings. The van der Waals surface area contributed by atoms with E-state index in [2.05, 4.69) is 48.1 Å². The molecule has 0 saturated carbocycles. The molecule has 1 saturated heterocycles. The number of benzene rings is 1. The summed E-state index contributed by atoms with van der Waals surface area (Å²) >= 11 is 1.38. The van der Waals surface area contributed by atoms with Crippen molar-refractivity contribution in [2.75, 3.05) is 11.9 Å². The number of hydrogen-bond donors (Lipinski definition) is 3. The molecule has 156 valence electrons. The van der Waals surface area contributed by atoms with Crippen molar-refractivity contribution in [3.05, 3.63) is 29.6 Å². The van der Waals surface area contributed by atoms with Crippen LogP contribution in [0.3, 0.4) is 0 Å². The van der Waals surface area contributed by atoms with Crippen LogP contribution < -0.4 is 10.2 Å². The summed E-state index contributed by atoms with van der Waals surface area (Å²) < 4.78 is 14.7. The van der Waals surface area contributed by atoms with Gasteiger partial charge in [0, 0.05) is 48.1 Å². The summed E-state index contributed by atoms with van der Waals surface area (Å²) in [6.07, 6.45) is 3.31. The molecule has 0 unspecified atom stereocenters. The molecule has 1 aliphatic rings. The first-order chi connectivity index (χ1) is 13.5. The molecule has 0 spiro atoms. The Hall–Kier alpha value is -2.19. The van der Waals surface area contributed by atoms with Crippen LogP contribution in [0.4, 0.5) is 9.52 Å². The predicted octanol–water partition coefficient (Wildman–Crippen LogP) is 4.50. The van der Waals surface area contributed by atoms with E-state index in [4.69, 9.17) is 10.8 Å². The Morgan fingerprint density at radius 2 is 1.93 bits per heavy atom. The minimum atomic E-state index is -0.424. The van der Waals surface area contributed by atoms with Crippen LogP contribution in [0.25, 0.3) is 10.6 Å². The number of piperidine rings is 1. The van der Waals surface area contributed by atoms with E-state index in [1.807, 2.05) is 7.05 Å². The zero-order valence-electron chi connectivity index (χ0n) is 17.6. The highest BCUT2D eigenvalue weighted by molar-refractivity contribution is 7.18. The second-order valence-corrected chi connectivity index (χ2v) is 9.99. The molecular weight excluding hydrogens is 387 g/mol. The molecule has 29 heavy (non-hydrogen) atoms. The molecule has 3 N–H and O–H groups in total. The van der Waals surface area contributed by atoms with Crippen molar-refractivity contribution in [1.82, 2.24) is 15.5 Å². The summed E-state index contributed by atoms with van der Waals surface area (Å²) in [6.45, 7) is 8.86. The van der Waals surface area contributed by atoms with Gasteiger partial charge < -0.3 is 21.0 Å². The highest BCUT2D eigenvalue weighted by atomic mass is 32.1. The second-order valence-electron chi connectivity index (χ2n) is 9.04. The summed E-state index contributed by atoms with van der Waals surface area (Å²) in [4.78, 5) is 2.16. The summed E-state index contributed by atoms with van der Waals surface area (Å²) in [5, 5.41) is 28.5. The molecule has 1 aromatic carbocycles. The Morgan fingerprint density at radius 3 is 2.52 bits per heavy atom. The van der Waals surface area contributed by atoms with Gasteiger partial charge in [0.15, 0.2) is 5.01 Å². The van der Waals surface area contributed by atoms with Crippen molar-refractivity contribution in [1.29, 1.82) is 10.8 Å². The SMILES string of the molecule is CN(c1nnc(-c2ccc(C(=N)CC=N)cc2F)s1)C1CC(C)(C)NC(C)(C)C1. The molecule has 0 atom stereocenters. The van der Waals surface area contributed by atoms with Crippen molar-refractivity contribution in [3.8, 4) is 10.6 Å². The van der Waals surface area contributed by atoms with Crippen molar-refractivity contribution in [3.63, 3.8) is 0 Å². The molecule has 0 radical (unpaired) electrons. The normalized spacial score (nSPS) is 18.4. The Kier molecular flexibility index (Phi) is 5.87. The van der Waals surface area contributed by atoms with Crippen LogP contribution >= 0.6 is 11.3 Å². The van der Waals surface area contributed by atoms with E-state index in [9.17, 15) is 4.39 Å². The van der Waals surface area contributed by atoms with Gasteiger partial charge in [-0.3, -0.25) is 0 Å². The first kappa shape index (κ1) is 21.5. The number of rotatable bonds is 6. The number of aromatic nitrogens is 2. The Morgan fingerprint density at radius 1 is 1.28 bits per heavy atom. The summed E-state index contributed by atoms with van der Waals surface area (Å²) in [6, 6.07) is 5.00. The zero-order valence-corrected chi connectivity index (χ0v) is 18.5. The van der Waals surface area contributed by atoms with Gasteiger partial charge in [0.2, 0.25) is 5.13 Å². The van der Waals surface area contributed by atoms with Crippen molar-refractivity contribution in [2.45, 2.75) is 64.1 Å². The highest BCUT2D eigenvalue weighted by Gasteiger charge is 2.39. The molecule has 6 nitrogen and oxygen atoms in total. The lowest BCUT2D eigenvalue weighted by molar-refractivity contribution is 0.161.